The van der Waals surface area contributed by atoms with Gasteiger partial charge < -0.3 is 9.80 Å². The zero-order chi connectivity index (χ0) is 17.3. The normalized spacial score (nSPS) is 22.1. The van der Waals surface area contributed by atoms with Crippen LogP contribution in [0.1, 0.15) is 30.4 Å². The summed E-state index contributed by atoms with van der Waals surface area (Å²) in [4.78, 5) is 3.52. The molecule has 3 rings (SSSR count). The molecule has 1 fully saturated rings. The zero-order valence-corrected chi connectivity index (χ0v) is 15.5. The number of quaternary nitrogens is 2. The van der Waals surface area contributed by atoms with Gasteiger partial charge in [0.15, 0.2) is 0 Å². The Bertz CT molecular complexity index is 628. The van der Waals surface area contributed by atoms with E-state index in [1.807, 2.05) is 0 Å². The summed E-state index contributed by atoms with van der Waals surface area (Å²) in [5, 5.41) is 0. The summed E-state index contributed by atoms with van der Waals surface area (Å²) in [5.41, 5.74) is 2.79. The first-order valence-corrected chi connectivity index (χ1v) is 9.75. The minimum atomic E-state index is 0.674. The van der Waals surface area contributed by atoms with Crippen LogP contribution in [-0.2, 0) is 0 Å². The maximum atomic E-state index is 2.37. The lowest BCUT2D eigenvalue weighted by molar-refractivity contribution is -1.01. The number of nitrogens with one attached hydrogen (secondary N) is 2. The Morgan fingerprint density at radius 2 is 1.44 bits per heavy atom. The molecule has 2 N–H and O–H groups in total. The summed E-state index contributed by atoms with van der Waals surface area (Å²) in [6, 6.07) is 21.6. The number of rotatable bonds is 7. The van der Waals surface area contributed by atoms with E-state index in [2.05, 4.69) is 79.7 Å². The predicted octanol–water partition coefficient (Wildman–Crippen LogP) is 1.68. The Morgan fingerprint density at radius 1 is 0.840 bits per heavy atom. The van der Waals surface area contributed by atoms with Gasteiger partial charge in [0.2, 0.25) is 0 Å². The monoisotopic (exact) mass is 336 g/mol. The van der Waals surface area contributed by atoms with Crippen molar-refractivity contribution in [3.8, 4) is 0 Å². The van der Waals surface area contributed by atoms with Crippen LogP contribution in [0.3, 0.4) is 0 Å². The Hall–Kier alpha value is -1.90. The van der Waals surface area contributed by atoms with Crippen LogP contribution in [0.15, 0.2) is 66.7 Å². The van der Waals surface area contributed by atoms with Crippen LogP contribution >= 0.6 is 0 Å². The molecular formula is C23H32N2+2. The number of benzene rings is 2. The largest absolute Gasteiger partial charge is 0.326 e. The van der Waals surface area contributed by atoms with E-state index in [1.54, 1.807) is 9.80 Å². The SMILES string of the molecule is C[C@@H](CC[NH+]1CC[NH+](CC=Cc2ccccc2)CC1)c1ccccc1. The Kier molecular flexibility index (Phi) is 6.84. The van der Waals surface area contributed by atoms with Crippen LogP contribution in [0.25, 0.3) is 6.08 Å². The molecule has 0 saturated carbocycles. The summed E-state index contributed by atoms with van der Waals surface area (Å²) in [5.74, 6) is 0.674. The maximum Gasteiger partial charge on any atom is 0.127 e. The molecule has 0 amide bonds. The second kappa shape index (κ2) is 9.55. The standard InChI is InChI=1S/C23H30N2/c1-21(23-12-6-3-7-13-23)14-16-25-19-17-24(18-20-25)15-8-11-22-9-4-2-5-10-22/h2-13,21H,14-20H2,1H3/p+2/t21-/m0/s1. The van der Waals surface area contributed by atoms with Gasteiger partial charge in [0, 0.05) is 6.42 Å². The first-order chi connectivity index (χ1) is 12.3. The highest BCUT2D eigenvalue weighted by Gasteiger charge is 2.22. The molecule has 0 aromatic heterocycles. The average Bonchev–Trinajstić information content (AvgIpc) is 2.68. The molecule has 2 aromatic rings. The van der Waals surface area contributed by atoms with Gasteiger partial charge in [0.1, 0.15) is 26.2 Å². The summed E-state index contributed by atoms with van der Waals surface area (Å²) >= 11 is 0. The molecule has 0 aliphatic carbocycles. The second-order valence-corrected chi connectivity index (χ2v) is 7.37. The molecule has 25 heavy (non-hydrogen) atoms. The third kappa shape index (κ3) is 5.84. The van der Waals surface area contributed by atoms with Crippen LogP contribution < -0.4 is 9.80 Å². The summed E-state index contributed by atoms with van der Waals surface area (Å²) in [7, 11) is 0. The third-order valence-corrected chi connectivity index (χ3v) is 5.48. The molecular weight excluding hydrogens is 304 g/mol. The van der Waals surface area contributed by atoms with E-state index >= 15 is 0 Å². The quantitative estimate of drug-likeness (QED) is 0.761. The molecule has 132 valence electrons. The lowest BCUT2D eigenvalue weighted by Gasteiger charge is -2.29. The molecule has 2 aromatic carbocycles. The van der Waals surface area contributed by atoms with Gasteiger partial charge in [-0.15, -0.1) is 0 Å². The molecule has 1 atom stereocenters. The van der Waals surface area contributed by atoms with Crippen LogP contribution in [0, 0.1) is 0 Å². The lowest BCUT2D eigenvalue weighted by atomic mass is 9.97. The molecule has 0 unspecified atom stereocenters. The minimum absolute atomic E-state index is 0.674. The van der Waals surface area contributed by atoms with Crippen molar-refractivity contribution < 1.29 is 9.80 Å². The van der Waals surface area contributed by atoms with Crippen molar-refractivity contribution in [2.75, 3.05) is 39.3 Å². The summed E-state index contributed by atoms with van der Waals surface area (Å²) in [6.45, 7) is 10.1. The van der Waals surface area contributed by atoms with Crippen molar-refractivity contribution in [3.63, 3.8) is 0 Å². The van der Waals surface area contributed by atoms with Crippen LogP contribution in [0.2, 0.25) is 0 Å². The first kappa shape index (κ1) is 17.9. The van der Waals surface area contributed by atoms with E-state index in [0.29, 0.717) is 5.92 Å². The van der Waals surface area contributed by atoms with Crippen molar-refractivity contribution in [2.45, 2.75) is 19.3 Å². The Balaban J connectivity index is 1.35. The van der Waals surface area contributed by atoms with Crippen LogP contribution in [0.5, 0.6) is 0 Å². The van der Waals surface area contributed by atoms with Crippen LogP contribution in [-0.4, -0.2) is 39.3 Å². The van der Waals surface area contributed by atoms with Crippen molar-refractivity contribution in [1.29, 1.82) is 0 Å². The van der Waals surface area contributed by atoms with Crippen molar-refractivity contribution in [3.05, 3.63) is 77.9 Å². The molecule has 0 bridgehead atoms. The summed E-state index contributed by atoms with van der Waals surface area (Å²) in [6.07, 6.45) is 5.89. The second-order valence-electron chi connectivity index (χ2n) is 7.37. The Labute approximate surface area is 152 Å². The van der Waals surface area contributed by atoms with Gasteiger partial charge in [-0.1, -0.05) is 73.7 Å². The predicted molar refractivity (Wildman–Crippen MR) is 106 cm³/mol. The van der Waals surface area contributed by atoms with E-state index in [9.17, 15) is 0 Å². The molecule has 1 saturated heterocycles. The number of hydrogen-bond acceptors (Lipinski definition) is 0. The topological polar surface area (TPSA) is 8.88 Å². The van der Waals surface area contributed by atoms with Gasteiger partial charge >= 0.3 is 0 Å². The van der Waals surface area contributed by atoms with Gasteiger partial charge in [-0.05, 0) is 23.1 Å². The van der Waals surface area contributed by atoms with E-state index in [4.69, 9.17) is 0 Å². The van der Waals surface area contributed by atoms with Crippen molar-refractivity contribution >= 4 is 6.08 Å². The number of hydrogen-bond donors (Lipinski definition) is 2. The zero-order valence-electron chi connectivity index (χ0n) is 15.5. The summed E-state index contributed by atoms with van der Waals surface area (Å²) < 4.78 is 0. The molecule has 0 spiro atoms. The molecule has 1 heterocycles. The van der Waals surface area contributed by atoms with E-state index in [-0.39, 0.29) is 0 Å². The van der Waals surface area contributed by atoms with Crippen LogP contribution in [0.4, 0.5) is 0 Å². The highest BCUT2D eigenvalue weighted by atomic mass is 15.3. The molecule has 1 aliphatic rings. The van der Waals surface area contributed by atoms with Gasteiger partial charge in [-0.3, -0.25) is 0 Å². The fraction of sp³-hybridized carbons (Fsp3) is 0.391. The minimum Gasteiger partial charge on any atom is -0.326 e. The fourth-order valence-corrected chi connectivity index (χ4v) is 3.71. The van der Waals surface area contributed by atoms with Crippen molar-refractivity contribution in [1.82, 2.24) is 0 Å². The van der Waals surface area contributed by atoms with Crippen molar-refractivity contribution in [2.24, 2.45) is 0 Å². The number of piperazine rings is 1. The molecule has 2 heteroatoms. The van der Waals surface area contributed by atoms with E-state index in [1.165, 1.54) is 50.3 Å². The third-order valence-electron chi connectivity index (χ3n) is 5.48. The fourth-order valence-electron chi connectivity index (χ4n) is 3.71. The van der Waals surface area contributed by atoms with E-state index < -0.39 is 0 Å². The average molecular weight is 337 g/mol. The smallest absolute Gasteiger partial charge is 0.127 e. The Morgan fingerprint density at radius 3 is 2.12 bits per heavy atom. The van der Waals surface area contributed by atoms with Gasteiger partial charge in [0.05, 0.1) is 13.1 Å². The highest BCUT2D eigenvalue weighted by molar-refractivity contribution is 5.48. The maximum absolute atomic E-state index is 2.37. The molecule has 2 nitrogen and oxygen atoms in total. The van der Waals surface area contributed by atoms with Gasteiger partial charge in [0.25, 0.3) is 0 Å². The lowest BCUT2D eigenvalue weighted by Crippen LogP contribution is -3.28. The molecule has 0 radical (unpaired) electrons. The molecule has 1 aliphatic heterocycles. The first-order valence-electron chi connectivity index (χ1n) is 9.75. The highest BCUT2D eigenvalue weighted by Crippen LogP contribution is 2.16. The van der Waals surface area contributed by atoms with E-state index in [0.717, 1.165) is 6.54 Å². The van der Waals surface area contributed by atoms with Gasteiger partial charge in [-0.25, -0.2) is 0 Å². The van der Waals surface area contributed by atoms with Gasteiger partial charge in [-0.2, -0.15) is 0 Å².